The standard InChI is InChI=1S/C20H18ClF4N3O3/c1-8(2)16(18(26)20(23,24)25)28-19(31)11-6-13(22)10(7-15(11)30)14-5-4-12(21)17(27-14)9(3)29/h4-7,9,29-30H,1,26H2,2-3H3,(H,28,31)/b18-16+. The van der Waals surface area contributed by atoms with Crippen LogP contribution in [0, 0.1) is 5.82 Å². The average molecular weight is 460 g/mol. The predicted octanol–water partition coefficient (Wildman–Crippen LogP) is 4.34. The normalized spacial score (nSPS) is 13.4. The molecule has 2 aromatic rings. The van der Waals surface area contributed by atoms with Gasteiger partial charge in [-0.25, -0.2) is 9.37 Å². The molecule has 1 aromatic heterocycles. The number of aliphatic hydroxyl groups excluding tert-OH is 1. The fraction of sp³-hybridized carbons (Fsp3) is 0.200. The third kappa shape index (κ3) is 5.33. The molecule has 0 spiro atoms. The lowest BCUT2D eigenvalue weighted by atomic mass is 10.0. The molecule has 11 heteroatoms. The van der Waals surface area contributed by atoms with E-state index in [-0.39, 0.29) is 27.5 Å². The van der Waals surface area contributed by atoms with Crippen LogP contribution < -0.4 is 11.1 Å². The Morgan fingerprint density at radius 1 is 1.32 bits per heavy atom. The lowest BCUT2D eigenvalue weighted by Crippen LogP contribution is -2.31. The average Bonchev–Trinajstić information content (AvgIpc) is 2.66. The number of hydrogen-bond donors (Lipinski definition) is 4. The third-order valence-corrected chi connectivity index (χ3v) is 4.43. The molecule has 166 valence electrons. The smallest absolute Gasteiger partial charge is 0.432 e. The number of allylic oxidation sites excluding steroid dienone is 2. The van der Waals surface area contributed by atoms with E-state index >= 15 is 0 Å². The quantitative estimate of drug-likeness (QED) is 0.393. The Morgan fingerprint density at radius 2 is 1.94 bits per heavy atom. The van der Waals surface area contributed by atoms with Crippen molar-refractivity contribution in [3.05, 3.63) is 69.9 Å². The number of nitrogens with zero attached hydrogens (tertiary/aromatic N) is 1. The number of halogens is 5. The van der Waals surface area contributed by atoms with Crippen molar-refractivity contribution in [1.82, 2.24) is 10.3 Å². The van der Waals surface area contributed by atoms with Gasteiger partial charge in [0.2, 0.25) is 0 Å². The number of hydrogen-bond acceptors (Lipinski definition) is 5. The molecule has 6 nitrogen and oxygen atoms in total. The molecule has 0 fully saturated rings. The van der Waals surface area contributed by atoms with Crippen molar-refractivity contribution in [3.63, 3.8) is 0 Å². The fourth-order valence-electron chi connectivity index (χ4n) is 2.57. The highest BCUT2D eigenvalue weighted by Gasteiger charge is 2.35. The second-order valence-corrected chi connectivity index (χ2v) is 7.02. The van der Waals surface area contributed by atoms with Gasteiger partial charge in [0.1, 0.15) is 17.3 Å². The molecule has 1 amide bonds. The second kappa shape index (κ2) is 8.94. The Labute approximate surface area is 179 Å². The number of phenolic OH excluding ortho intramolecular Hbond substituents is 1. The molecule has 0 aliphatic rings. The van der Waals surface area contributed by atoms with E-state index in [9.17, 15) is 32.6 Å². The van der Waals surface area contributed by atoms with Crippen molar-refractivity contribution in [2.24, 2.45) is 5.73 Å². The largest absolute Gasteiger partial charge is 0.507 e. The molecule has 0 aliphatic heterocycles. The highest BCUT2D eigenvalue weighted by atomic mass is 35.5. The maximum absolute atomic E-state index is 14.7. The topological polar surface area (TPSA) is 108 Å². The summed E-state index contributed by atoms with van der Waals surface area (Å²) in [7, 11) is 0. The van der Waals surface area contributed by atoms with E-state index in [2.05, 4.69) is 11.6 Å². The first-order valence-corrected chi connectivity index (χ1v) is 9.03. The Morgan fingerprint density at radius 3 is 2.45 bits per heavy atom. The number of benzene rings is 1. The first kappa shape index (κ1) is 24.2. The van der Waals surface area contributed by atoms with E-state index in [0.717, 1.165) is 6.07 Å². The van der Waals surface area contributed by atoms with Crippen LogP contribution in [-0.2, 0) is 0 Å². The van der Waals surface area contributed by atoms with Crippen molar-refractivity contribution in [2.75, 3.05) is 0 Å². The molecule has 0 saturated heterocycles. The molecule has 1 atom stereocenters. The van der Waals surface area contributed by atoms with Gasteiger partial charge in [-0.2, -0.15) is 13.2 Å². The Balaban J connectivity index is 2.48. The molecule has 2 rings (SSSR count). The number of nitrogens with one attached hydrogen (secondary N) is 1. The number of carbonyl (C=O) groups is 1. The van der Waals surface area contributed by atoms with Crippen LogP contribution in [0.25, 0.3) is 11.3 Å². The summed E-state index contributed by atoms with van der Waals surface area (Å²) < 4.78 is 53.4. The molecule has 0 aliphatic carbocycles. The maximum atomic E-state index is 14.7. The number of pyridine rings is 1. The van der Waals surface area contributed by atoms with Crippen LogP contribution in [0.5, 0.6) is 5.75 Å². The SMILES string of the molecule is C=C(C)/C(NC(=O)c1cc(F)c(-c2ccc(Cl)c(C(C)O)n2)cc1O)=C(\N)C(F)(F)F. The minimum absolute atomic E-state index is 0.00361. The van der Waals surface area contributed by atoms with Crippen LogP contribution in [-0.4, -0.2) is 27.3 Å². The van der Waals surface area contributed by atoms with Gasteiger partial charge in [-0.05, 0) is 43.7 Å². The van der Waals surface area contributed by atoms with Crippen LogP contribution in [0.3, 0.4) is 0 Å². The molecule has 0 saturated carbocycles. The van der Waals surface area contributed by atoms with Crippen molar-refractivity contribution in [2.45, 2.75) is 26.1 Å². The highest BCUT2D eigenvalue weighted by Crippen LogP contribution is 2.32. The molecule has 1 aromatic carbocycles. The number of phenols is 1. The minimum Gasteiger partial charge on any atom is -0.507 e. The van der Waals surface area contributed by atoms with Gasteiger partial charge in [-0.3, -0.25) is 4.79 Å². The number of nitrogens with two attached hydrogens (primary N) is 1. The van der Waals surface area contributed by atoms with Crippen molar-refractivity contribution in [3.8, 4) is 17.0 Å². The fourth-order valence-corrected chi connectivity index (χ4v) is 2.83. The Kier molecular flexibility index (Phi) is 6.97. The number of carbonyl (C=O) groups excluding carboxylic acids is 1. The van der Waals surface area contributed by atoms with E-state index in [1.807, 2.05) is 5.32 Å². The number of alkyl halides is 3. The van der Waals surface area contributed by atoms with E-state index in [1.165, 1.54) is 26.0 Å². The van der Waals surface area contributed by atoms with Gasteiger partial charge in [0.05, 0.1) is 33.8 Å². The third-order valence-electron chi connectivity index (χ3n) is 4.11. The van der Waals surface area contributed by atoms with Gasteiger partial charge in [-0.15, -0.1) is 0 Å². The summed E-state index contributed by atoms with van der Waals surface area (Å²) in [6.45, 7) is 5.92. The van der Waals surface area contributed by atoms with E-state index in [1.54, 1.807) is 0 Å². The summed E-state index contributed by atoms with van der Waals surface area (Å²) in [5, 5.41) is 22.0. The highest BCUT2D eigenvalue weighted by molar-refractivity contribution is 6.31. The van der Waals surface area contributed by atoms with E-state index < -0.39 is 46.7 Å². The van der Waals surface area contributed by atoms with Crippen molar-refractivity contribution < 1.29 is 32.6 Å². The lowest BCUT2D eigenvalue weighted by molar-refractivity contribution is -0.0936. The molecule has 1 heterocycles. The zero-order valence-electron chi connectivity index (χ0n) is 16.3. The monoisotopic (exact) mass is 459 g/mol. The molecule has 1 unspecified atom stereocenters. The van der Waals surface area contributed by atoms with Crippen LogP contribution in [0.2, 0.25) is 5.02 Å². The lowest BCUT2D eigenvalue weighted by Gasteiger charge is -2.16. The van der Waals surface area contributed by atoms with E-state index in [4.69, 9.17) is 17.3 Å². The summed E-state index contributed by atoms with van der Waals surface area (Å²) in [5.74, 6) is -2.96. The van der Waals surface area contributed by atoms with Gasteiger partial charge < -0.3 is 21.3 Å². The van der Waals surface area contributed by atoms with E-state index in [0.29, 0.717) is 6.07 Å². The maximum Gasteiger partial charge on any atom is 0.432 e. The molecular weight excluding hydrogens is 442 g/mol. The number of aromatic hydroxyl groups is 1. The number of aliphatic hydroxyl groups is 1. The zero-order chi connectivity index (χ0) is 23.7. The van der Waals surface area contributed by atoms with Crippen molar-refractivity contribution in [1.29, 1.82) is 0 Å². The first-order valence-electron chi connectivity index (χ1n) is 8.65. The van der Waals surface area contributed by atoms with Crippen LogP contribution in [0.4, 0.5) is 17.6 Å². The van der Waals surface area contributed by atoms with Crippen molar-refractivity contribution >= 4 is 17.5 Å². The number of aromatic nitrogens is 1. The summed E-state index contributed by atoms with van der Waals surface area (Å²) in [6.07, 6.45) is -6.00. The summed E-state index contributed by atoms with van der Waals surface area (Å²) in [4.78, 5) is 16.4. The van der Waals surface area contributed by atoms with Gasteiger partial charge in [0.15, 0.2) is 0 Å². The molecule has 5 N–H and O–H groups in total. The summed E-state index contributed by atoms with van der Waals surface area (Å²) in [5.41, 5.74) is 1.65. The molecule has 31 heavy (non-hydrogen) atoms. The number of rotatable bonds is 5. The Bertz CT molecular complexity index is 1080. The Hall–Kier alpha value is -3.11. The predicted molar refractivity (Wildman–Crippen MR) is 106 cm³/mol. The second-order valence-electron chi connectivity index (χ2n) is 6.61. The summed E-state index contributed by atoms with van der Waals surface area (Å²) in [6, 6.07) is 4.21. The summed E-state index contributed by atoms with van der Waals surface area (Å²) >= 11 is 5.93. The van der Waals surface area contributed by atoms with Gasteiger partial charge in [0, 0.05) is 5.56 Å². The van der Waals surface area contributed by atoms with Crippen LogP contribution in [0.1, 0.15) is 36.0 Å². The number of amides is 1. The van der Waals surface area contributed by atoms with Crippen LogP contribution >= 0.6 is 11.6 Å². The molecule has 0 bridgehead atoms. The van der Waals surface area contributed by atoms with Crippen LogP contribution in [0.15, 0.2) is 47.8 Å². The molecule has 0 radical (unpaired) electrons. The van der Waals surface area contributed by atoms with Gasteiger partial charge in [0.25, 0.3) is 5.91 Å². The first-order chi connectivity index (χ1) is 14.2. The van der Waals surface area contributed by atoms with Gasteiger partial charge >= 0.3 is 6.18 Å². The molecular formula is C20H18ClF4N3O3. The zero-order valence-corrected chi connectivity index (χ0v) is 17.1. The minimum atomic E-state index is -4.94. The van der Waals surface area contributed by atoms with Gasteiger partial charge in [-0.1, -0.05) is 18.2 Å².